The maximum absolute atomic E-state index is 13.2. The summed E-state index contributed by atoms with van der Waals surface area (Å²) in [5.41, 5.74) is 1.70. The van der Waals surface area contributed by atoms with Crippen LogP contribution in [0.3, 0.4) is 0 Å². The van der Waals surface area contributed by atoms with Crippen LogP contribution in [0.5, 0.6) is 0 Å². The molecule has 152 valence electrons. The van der Waals surface area contributed by atoms with E-state index >= 15 is 0 Å². The molecule has 1 aromatic heterocycles. The van der Waals surface area contributed by atoms with Crippen LogP contribution in [-0.4, -0.2) is 21.2 Å². The van der Waals surface area contributed by atoms with Gasteiger partial charge in [-0.2, -0.15) is 5.26 Å². The summed E-state index contributed by atoms with van der Waals surface area (Å²) in [5.74, 6) is -0.205. The lowest BCUT2D eigenvalue weighted by molar-refractivity contribution is 0.102. The molecular formula is C23H15ClN4O2S. The first-order valence-electron chi connectivity index (χ1n) is 9.26. The van der Waals surface area contributed by atoms with E-state index in [1.54, 1.807) is 54.6 Å². The molecule has 0 saturated heterocycles. The highest BCUT2D eigenvalue weighted by Gasteiger charge is 2.15. The van der Waals surface area contributed by atoms with Crippen molar-refractivity contribution in [2.75, 3.05) is 11.1 Å². The Morgan fingerprint density at radius 1 is 1.10 bits per heavy atom. The second kappa shape index (κ2) is 9.04. The quantitative estimate of drug-likeness (QED) is 0.347. The van der Waals surface area contributed by atoms with Gasteiger partial charge in [-0.3, -0.25) is 14.2 Å². The first-order chi connectivity index (χ1) is 15.1. The Labute approximate surface area is 187 Å². The van der Waals surface area contributed by atoms with E-state index in [4.69, 9.17) is 16.9 Å². The molecule has 4 aromatic rings. The molecule has 4 rings (SSSR count). The van der Waals surface area contributed by atoms with Gasteiger partial charge in [0, 0.05) is 16.3 Å². The fourth-order valence-corrected chi connectivity index (χ4v) is 3.94. The van der Waals surface area contributed by atoms with E-state index in [1.807, 2.05) is 18.2 Å². The van der Waals surface area contributed by atoms with Crippen molar-refractivity contribution >= 4 is 45.9 Å². The van der Waals surface area contributed by atoms with Crippen molar-refractivity contribution in [3.05, 3.63) is 93.7 Å². The lowest BCUT2D eigenvalue weighted by Gasteiger charge is -2.13. The Hall–Kier alpha value is -3.60. The largest absolute Gasteiger partial charge is 0.322 e. The number of carbonyl (C=O) groups excluding carboxylic acids is 1. The zero-order chi connectivity index (χ0) is 21.8. The van der Waals surface area contributed by atoms with Crippen LogP contribution in [0.2, 0.25) is 5.02 Å². The molecule has 31 heavy (non-hydrogen) atoms. The minimum Gasteiger partial charge on any atom is -0.322 e. The van der Waals surface area contributed by atoms with Gasteiger partial charge in [0.2, 0.25) is 0 Å². The number of para-hydroxylation sites is 1. The second-order valence-electron chi connectivity index (χ2n) is 6.51. The monoisotopic (exact) mass is 446 g/mol. The number of carbonyl (C=O) groups is 1. The minimum absolute atomic E-state index is 0.139. The zero-order valence-corrected chi connectivity index (χ0v) is 17.7. The highest BCUT2D eigenvalue weighted by molar-refractivity contribution is 7.99. The Morgan fingerprint density at radius 3 is 2.65 bits per heavy atom. The van der Waals surface area contributed by atoms with Gasteiger partial charge in [-0.25, -0.2) is 4.98 Å². The molecule has 0 saturated carbocycles. The summed E-state index contributed by atoms with van der Waals surface area (Å²) in [6.45, 7) is 0. The molecule has 1 N–H and O–H groups in total. The fourth-order valence-electron chi connectivity index (χ4n) is 3.07. The van der Waals surface area contributed by atoms with Gasteiger partial charge in [-0.1, -0.05) is 47.6 Å². The highest BCUT2D eigenvalue weighted by atomic mass is 35.5. The predicted molar refractivity (Wildman–Crippen MR) is 123 cm³/mol. The van der Waals surface area contributed by atoms with Crippen molar-refractivity contribution in [3.63, 3.8) is 0 Å². The lowest BCUT2D eigenvalue weighted by atomic mass is 10.1. The molecule has 1 heterocycles. The molecule has 0 radical (unpaired) electrons. The summed E-state index contributed by atoms with van der Waals surface area (Å²) in [6, 6.07) is 22.8. The number of anilines is 1. The van der Waals surface area contributed by atoms with Crippen LogP contribution in [0.4, 0.5) is 5.69 Å². The van der Waals surface area contributed by atoms with E-state index in [0.717, 1.165) is 11.8 Å². The molecule has 0 spiro atoms. The van der Waals surface area contributed by atoms with Crippen LogP contribution in [0.25, 0.3) is 16.6 Å². The molecule has 6 nitrogen and oxygen atoms in total. The Kier molecular flexibility index (Phi) is 6.03. The summed E-state index contributed by atoms with van der Waals surface area (Å²) in [5, 5.41) is 13.1. The maximum atomic E-state index is 13.2. The van der Waals surface area contributed by atoms with E-state index in [1.165, 1.54) is 4.57 Å². The summed E-state index contributed by atoms with van der Waals surface area (Å²) in [6.07, 6.45) is 0. The SMILES string of the molecule is N#CCSc1nc2cc(C(=O)Nc3cccc(Cl)c3)ccc2c(=O)n1-c1ccccc1. The lowest BCUT2D eigenvalue weighted by Crippen LogP contribution is -2.22. The summed E-state index contributed by atoms with van der Waals surface area (Å²) in [7, 11) is 0. The molecule has 8 heteroatoms. The van der Waals surface area contributed by atoms with Crippen LogP contribution in [0, 0.1) is 11.3 Å². The van der Waals surface area contributed by atoms with E-state index < -0.39 is 0 Å². The van der Waals surface area contributed by atoms with Crippen LogP contribution >= 0.6 is 23.4 Å². The van der Waals surface area contributed by atoms with Gasteiger partial charge in [0.15, 0.2) is 5.16 Å². The van der Waals surface area contributed by atoms with Gasteiger partial charge in [0.05, 0.1) is 28.4 Å². The standard InChI is InChI=1S/C23H15ClN4O2S/c24-16-5-4-6-17(14-16)26-21(29)15-9-10-19-20(13-15)27-23(31-12-11-25)28(22(19)30)18-7-2-1-3-8-18/h1-10,13-14H,12H2,(H,26,29). The number of benzene rings is 3. The van der Waals surface area contributed by atoms with Gasteiger partial charge in [-0.15, -0.1) is 0 Å². The van der Waals surface area contributed by atoms with Crippen molar-refractivity contribution < 1.29 is 4.79 Å². The van der Waals surface area contributed by atoms with Crippen LogP contribution in [-0.2, 0) is 0 Å². The number of rotatable bonds is 5. The molecule has 0 fully saturated rings. The first-order valence-corrected chi connectivity index (χ1v) is 10.6. The summed E-state index contributed by atoms with van der Waals surface area (Å²) >= 11 is 7.14. The topological polar surface area (TPSA) is 87.8 Å². The number of nitrogens with zero attached hydrogens (tertiary/aromatic N) is 3. The molecule has 0 atom stereocenters. The van der Waals surface area contributed by atoms with Crippen molar-refractivity contribution in [1.82, 2.24) is 9.55 Å². The molecule has 0 aliphatic carbocycles. The van der Waals surface area contributed by atoms with Crippen molar-refractivity contribution in [2.45, 2.75) is 5.16 Å². The van der Waals surface area contributed by atoms with Crippen molar-refractivity contribution in [1.29, 1.82) is 5.26 Å². The average molecular weight is 447 g/mol. The maximum Gasteiger partial charge on any atom is 0.266 e. The first kappa shape index (κ1) is 20.7. The third-order valence-corrected chi connectivity index (χ3v) is 5.50. The Balaban J connectivity index is 1.78. The second-order valence-corrected chi connectivity index (χ2v) is 7.89. The van der Waals surface area contributed by atoms with Crippen LogP contribution in [0.15, 0.2) is 82.7 Å². The smallest absolute Gasteiger partial charge is 0.266 e. The molecule has 3 aromatic carbocycles. The van der Waals surface area contributed by atoms with Crippen molar-refractivity contribution in [3.8, 4) is 11.8 Å². The van der Waals surface area contributed by atoms with E-state index in [9.17, 15) is 9.59 Å². The number of halogens is 1. The van der Waals surface area contributed by atoms with Gasteiger partial charge >= 0.3 is 0 Å². The van der Waals surface area contributed by atoms with E-state index in [-0.39, 0.29) is 17.2 Å². The van der Waals surface area contributed by atoms with Gasteiger partial charge < -0.3 is 5.32 Å². The number of nitriles is 1. The third-order valence-electron chi connectivity index (χ3n) is 4.46. The minimum atomic E-state index is -0.343. The molecular weight excluding hydrogens is 432 g/mol. The van der Waals surface area contributed by atoms with Crippen LogP contribution in [0.1, 0.15) is 10.4 Å². The molecule has 1 amide bonds. The molecule has 0 aliphatic rings. The zero-order valence-electron chi connectivity index (χ0n) is 16.1. The number of aromatic nitrogens is 2. The van der Waals surface area contributed by atoms with Gasteiger partial charge in [-0.05, 0) is 48.5 Å². The number of nitrogens with one attached hydrogen (secondary N) is 1. The van der Waals surface area contributed by atoms with Gasteiger partial charge in [0.1, 0.15) is 0 Å². The number of fused-ring (bicyclic) bond motifs is 1. The molecule has 0 aliphatic heterocycles. The molecule has 0 bridgehead atoms. The van der Waals surface area contributed by atoms with Gasteiger partial charge in [0.25, 0.3) is 11.5 Å². The number of amides is 1. The van der Waals surface area contributed by atoms with E-state index in [2.05, 4.69) is 16.4 Å². The number of thioether (sulfide) groups is 1. The van der Waals surface area contributed by atoms with Crippen LogP contribution < -0.4 is 10.9 Å². The Bertz CT molecular complexity index is 1380. The van der Waals surface area contributed by atoms with E-state index in [0.29, 0.717) is 38.0 Å². The predicted octanol–water partition coefficient (Wildman–Crippen LogP) is 4.91. The highest BCUT2D eigenvalue weighted by Crippen LogP contribution is 2.22. The number of hydrogen-bond acceptors (Lipinski definition) is 5. The summed E-state index contributed by atoms with van der Waals surface area (Å²) < 4.78 is 1.48. The van der Waals surface area contributed by atoms with Crippen molar-refractivity contribution in [2.24, 2.45) is 0 Å². The fraction of sp³-hybridized carbons (Fsp3) is 0.0435. The normalized spacial score (nSPS) is 10.6. The average Bonchev–Trinajstić information content (AvgIpc) is 2.78. The number of hydrogen-bond donors (Lipinski definition) is 1. The molecule has 0 unspecified atom stereocenters. The third kappa shape index (κ3) is 4.45. The Morgan fingerprint density at radius 2 is 1.90 bits per heavy atom. The summed E-state index contributed by atoms with van der Waals surface area (Å²) in [4.78, 5) is 30.5.